The molecule has 90 valence electrons. The second-order valence-electron chi connectivity index (χ2n) is 3.59. The fourth-order valence-corrected chi connectivity index (χ4v) is 1.30. The Bertz CT molecular complexity index is 527. The molecule has 0 aliphatic carbocycles. The van der Waals surface area contributed by atoms with Gasteiger partial charge >= 0.3 is 0 Å². The van der Waals surface area contributed by atoms with Crippen LogP contribution in [0, 0.1) is 11.6 Å². The number of rotatable bonds is 3. The molecular formula is C11H11F2N3O. The Morgan fingerprint density at radius 2 is 2.06 bits per heavy atom. The van der Waals surface area contributed by atoms with Crippen LogP contribution in [0.4, 0.5) is 8.78 Å². The Balaban J connectivity index is 2.33. The summed E-state index contributed by atoms with van der Waals surface area (Å²) < 4.78 is 31.0. The van der Waals surface area contributed by atoms with Crippen LogP contribution in [-0.4, -0.2) is 10.2 Å². The highest BCUT2D eigenvalue weighted by atomic mass is 19.2. The molecule has 0 amide bonds. The predicted molar refractivity (Wildman–Crippen MR) is 56.9 cm³/mol. The van der Waals surface area contributed by atoms with Crippen LogP contribution in [0.25, 0.3) is 11.5 Å². The van der Waals surface area contributed by atoms with Gasteiger partial charge in [0.25, 0.3) is 0 Å². The molecule has 0 aliphatic rings. The summed E-state index contributed by atoms with van der Waals surface area (Å²) >= 11 is 0. The second kappa shape index (κ2) is 4.58. The van der Waals surface area contributed by atoms with Gasteiger partial charge in [0.15, 0.2) is 11.6 Å². The SMILES string of the molecule is CCC(N)c1nnc(-c2ccc(F)c(F)c2)o1. The zero-order valence-electron chi connectivity index (χ0n) is 9.15. The molecule has 0 bridgehead atoms. The van der Waals surface area contributed by atoms with Gasteiger partial charge in [0.05, 0.1) is 6.04 Å². The standard InChI is InChI=1S/C11H11F2N3O/c1-2-9(14)11-16-15-10(17-11)6-3-4-7(12)8(13)5-6/h3-5,9H,2,14H2,1H3. The van der Waals surface area contributed by atoms with Gasteiger partial charge in [0, 0.05) is 5.56 Å². The summed E-state index contributed by atoms with van der Waals surface area (Å²) in [5.41, 5.74) is 6.03. The maximum atomic E-state index is 13.0. The third kappa shape index (κ3) is 2.31. The first-order chi connectivity index (χ1) is 8.11. The van der Waals surface area contributed by atoms with Crippen LogP contribution in [0.5, 0.6) is 0 Å². The minimum atomic E-state index is -0.956. The molecule has 4 nitrogen and oxygen atoms in total. The van der Waals surface area contributed by atoms with E-state index in [0.29, 0.717) is 12.0 Å². The van der Waals surface area contributed by atoms with Gasteiger partial charge in [-0.15, -0.1) is 10.2 Å². The number of halogens is 2. The largest absolute Gasteiger partial charge is 0.419 e. The summed E-state index contributed by atoms with van der Waals surface area (Å²) in [7, 11) is 0. The van der Waals surface area contributed by atoms with Crippen LogP contribution in [0.1, 0.15) is 25.3 Å². The Morgan fingerprint density at radius 1 is 1.29 bits per heavy atom. The highest BCUT2D eigenvalue weighted by Gasteiger charge is 2.14. The molecule has 2 rings (SSSR count). The summed E-state index contributed by atoms with van der Waals surface area (Å²) in [6.07, 6.45) is 0.652. The number of nitrogens with two attached hydrogens (primary N) is 1. The molecule has 1 atom stereocenters. The monoisotopic (exact) mass is 239 g/mol. The van der Waals surface area contributed by atoms with Crippen molar-refractivity contribution in [1.29, 1.82) is 0 Å². The smallest absolute Gasteiger partial charge is 0.247 e. The van der Waals surface area contributed by atoms with Gasteiger partial charge in [-0.3, -0.25) is 0 Å². The van der Waals surface area contributed by atoms with E-state index in [1.54, 1.807) is 0 Å². The molecular weight excluding hydrogens is 228 g/mol. The van der Waals surface area contributed by atoms with Gasteiger partial charge < -0.3 is 10.2 Å². The molecule has 1 unspecified atom stereocenters. The third-order valence-corrected chi connectivity index (χ3v) is 2.36. The summed E-state index contributed by atoms with van der Waals surface area (Å²) in [4.78, 5) is 0. The molecule has 0 radical (unpaired) electrons. The van der Waals surface area contributed by atoms with Crippen molar-refractivity contribution in [1.82, 2.24) is 10.2 Å². The normalized spacial score (nSPS) is 12.7. The second-order valence-corrected chi connectivity index (χ2v) is 3.59. The highest BCUT2D eigenvalue weighted by molar-refractivity contribution is 5.52. The first kappa shape index (κ1) is 11.7. The summed E-state index contributed by atoms with van der Waals surface area (Å²) in [6.45, 7) is 1.88. The molecule has 2 N–H and O–H groups in total. The van der Waals surface area contributed by atoms with Crippen molar-refractivity contribution in [2.24, 2.45) is 5.73 Å². The molecule has 17 heavy (non-hydrogen) atoms. The average molecular weight is 239 g/mol. The zero-order valence-corrected chi connectivity index (χ0v) is 9.15. The van der Waals surface area contributed by atoms with E-state index in [1.807, 2.05) is 6.92 Å². The van der Waals surface area contributed by atoms with Gasteiger partial charge in [0.2, 0.25) is 11.8 Å². The van der Waals surface area contributed by atoms with Crippen LogP contribution < -0.4 is 5.73 Å². The Morgan fingerprint density at radius 3 is 2.71 bits per heavy atom. The van der Waals surface area contributed by atoms with Crippen molar-refractivity contribution < 1.29 is 13.2 Å². The third-order valence-electron chi connectivity index (χ3n) is 2.36. The molecule has 0 fully saturated rings. The maximum absolute atomic E-state index is 13.0. The minimum absolute atomic E-state index is 0.128. The fraction of sp³-hybridized carbons (Fsp3) is 0.273. The van der Waals surface area contributed by atoms with E-state index in [-0.39, 0.29) is 17.8 Å². The summed E-state index contributed by atoms with van der Waals surface area (Å²) in [5, 5.41) is 7.50. The van der Waals surface area contributed by atoms with Crippen LogP contribution in [0.3, 0.4) is 0 Å². The quantitative estimate of drug-likeness (QED) is 0.893. The lowest BCUT2D eigenvalue weighted by atomic mass is 10.2. The van der Waals surface area contributed by atoms with Crippen molar-refractivity contribution in [3.8, 4) is 11.5 Å². The fourth-order valence-electron chi connectivity index (χ4n) is 1.30. The van der Waals surface area contributed by atoms with Crippen molar-refractivity contribution in [2.45, 2.75) is 19.4 Å². The van der Waals surface area contributed by atoms with Crippen molar-refractivity contribution in [3.05, 3.63) is 35.7 Å². The Kier molecular flexibility index (Phi) is 3.14. The highest BCUT2D eigenvalue weighted by Crippen LogP contribution is 2.22. The summed E-state index contributed by atoms with van der Waals surface area (Å²) in [5.74, 6) is -1.46. The van der Waals surface area contributed by atoms with Crippen LogP contribution in [0.2, 0.25) is 0 Å². The maximum Gasteiger partial charge on any atom is 0.247 e. The van der Waals surface area contributed by atoms with E-state index in [9.17, 15) is 8.78 Å². The Hall–Kier alpha value is -1.82. The topological polar surface area (TPSA) is 64.9 Å². The van der Waals surface area contributed by atoms with Crippen molar-refractivity contribution in [2.75, 3.05) is 0 Å². The van der Waals surface area contributed by atoms with Gasteiger partial charge in [-0.05, 0) is 24.6 Å². The first-order valence-electron chi connectivity index (χ1n) is 5.16. The number of hydrogen-bond donors (Lipinski definition) is 1. The first-order valence-corrected chi connectivity index (χ1v) is 5.16. The van der Waals surface area contributed by atoms with Crippen molar-refractivity contribution in [3.63, 3.8) is 0 Å². The van der Waals surface area contributed by atoms with E-state index < -0.39 is 11.6 Å². The van der Waals surface area contributed by atoms with E-state index in [0.717, 1.165) is 12.1 Å². The molecule has 0 saturated heterocycles. The molecule has 0 spiro atoms. The van der Waals surface area contributed by atoms with Crippen LogP contribution in [0.15, 0.2) is 22.6 Å². The van der Waals surface area contributed by atoms with E-state index >= 15 is 0 Å². The average Bonchev–Trinajstić information content (AvgIpc) is 2.81. The van der Waals surface area contributed by atoms with E-state index in [1.165, 1.54) is 6.07 Å². The van der Waals surface area contributed by atoms with Crippen LogP contribution in [-0.2, 0) is 0 Å². The molecule has 2 aromatic rings. The molecule has 1 aromatic heterocycles. The van der Waals surface area contributed by atoms with Crippen LogP contribution >= 0.6 is 0 Å². The molecule has 0 saturated carbocycles. The van der Waals surface area contributed by atoms with Gasteiger partial charge in [0.1, 0.15) is 0 Å². The van der Waals surface area contributed by atoms with Gasteiger partial charge in [-0.1, -0.05) is 6.92 Å². The minimum Gasteiger partial charge on any atom is -0.419 e. The Labute approximate surface area is 96.5 Å². The van der Waals surface area contributed by atoms with Gasteiger partial charge in [-0.2, -0.15) is 0 Å². The molecule has 6 heteroatoms. The zero-order chi connectivity index (χ0) is 12.4. The van der Waals surface area contributed by atoms with E-state index in [4.69, 9.17) is 10.2 Å². The number of aromatic nitrogens is 2. The van der Waals surface area contributed by atoms with Gasteiger partial charge in [-0.25, -0.2) is 8.78 Å². The summed E-state index contributed by atoms with van der Waals surface area (Å²) in [6, 6.07) is 3.03. The molecule has 1 aromatic carbocycles. The lowest BCUT2D eigenvalue weighted by Crippen LogP contribution is -2.08. The number of nitrogens with zero attached hydrogens (tertiary/aromatic N) is 2. The predicted octanol–water partition coefficient (Wildman–Crippen LogP) is 2.42. The molecule has 0 aliphatic heterocycles. The molecule has 1 heterocycles. The van der Waals surface area contributed by atoms with Crippen molar-refractivity contribution >= 4 is 0 Å². The number of hydrogen-bond acceptors (Lipinski definition) is 4. The van der Waals surface area contributed by atoms with E-state index in [2.05, 4.69) is 10.2 Å². The lowest BCUT2D eigenvalue weighted by molar-refractivity contribution is 0.452. The lowest BCUT2D eigenvalue weighted by Gasteiger charge is -2.00. The number of benzene rings is 1.